The summed E-state index contributed by atoms with van der Waals surface area (Å²) in [6, 6.07) is 4.79. The molecule has 84 valence electrons. The summed E-state index contributed by atoms with van der Waals surface area (Å²) in [7, 11) is 0. The first-order valence-corrected chi connectivity index (χ1v) is 5.06. The first-order valence-electron chi connectivity index (χ1n) is 3.79. The molecule has 0 aromatic heterocycles. The molecule has 0 saturated carbocycles. The highest BCUT2D eigenvalue weighted by Crippen LogP contribution is 2.22. The Labute approximate surface area is 86.1 Å². The summed E-state index contributed by atoms with van der Waals surface area (Å²) < 4.78 is 57.8. The highest BCUT2D eigenvalue weighted by molar-refractivity contribution is 7.78. The molecular formula is C8H7F3O3S. The van der Waals surface area contributed by atoms with Crippen molar-refractivity contribution in [2.24, 2.45) is 0 Å². The van der Waals surface area contributed by atoms with Gasteiger partial charge in [-0.05, 0) is 17.7 Å². The predicted octanol–water partition coefficient (Wildman–Crippen LogP) is 2.31. The first kappa shape index (κ1) is 12.0. The fourth-order valence-corrected chi connectivity index (χ4v) is 1.41. The molecule has 0 heterocycles. The van der Waals surface area contributed by atoms with Gasteiger partial charge in [-0.25, -0.2) is 4.21 Å². The van der Waals surface area contributed by atoms with E-state index in [0.29, 0.717) is 5.56 Å². The van der Waals surface area contributed by atoms with E-state index in [-0.39, 0.29) is 11.5 Å². The lowest BCUT2D eigenvalue weighted by Gasteiger charge is -2.08. The second-order valence-corrected chi connectivity index (χ2v) is 3.59. The summed E-state index contributed by atoms with van der Waals surface area (Å²) in [5, 5.41) is 0. The van der Waals surface area contributed by atoms with Gasteiger partial charge in [0.15, 0.2) is 11.1 Å². The van der Waals surface area contributed by atoms with Crippen LogP contribution in [0.2, 0.25) is 0 Å². The maximum atomic E-state index is 11.7. The van der Waals surface area contributed by atoms with Crippen LogP contribution in [0.1, 0.15) is 5.56 Å². The van der Waals surface area contributed by atoms with E-state index in [0.717, 1.165) is 12.1 Å². The van der Waals surface area contributed by atoms with Crippen molar-refractivity contribution >= 4 is 11.1 Å². The molecule has 0 amide bonds. The molecule has 0 aliphatic heterocycles. The number of rotatable bonds is 3. The zero-order valence-corrected chi connectivity index (χ0v) is 8.14. The quantitative estimate of drug-likeness (QED) is 0.824. The van der Waals surface area contributed by atoms with Crippen molar-refractivity contribution in [2.45, 2.75) is 12.1 Å². The molecule has 1 rings (SSSR count). The molecule has 0 radical (unpaired) electrons. The Morgan fingerprint density at radius 3 is 2.20 bits per heavy atom. The average molecular weight is 240 g/mol. The van der Waals surface area contributed by atoms with Crippen LogP contribution >= 0.6 is 0 Å². The van der Waals surface area contributed by atoms with Crippen LogP contribution in [-0.2, 0) is 16.8 Å². The van der Waals surface area contributed by atoms with Gasteiger partial charge in [0.25, 0.3) is 0 Å². The summed E-state index contributed by atoms with van der Waals surface area (Å²) >= 11 is -2.01. The van der Waals surface area contributed by atoms with Gasteiger partial charge in [0, 0.05) is 0 Å². The smallest absolute Gasteiger partial charge is 0.406 e. The van der Waals surface area contributed by atoms with Crippen molar-refractivity contribution in [2.75, 3.05) is 0 Å². The summed E-state index contributed by atoms with van der Waals surface area (Å²) in [6.45, 7) is 0. The lowest BCUT2D eigenvalue weighted by atomic mass is 10.2. The van der Waals surface area contributed by atoms with Gasteiger partial charge in [0.1, 0.15) is 5.75 Å². The third-order valence-corrected chi connectivity index (χ3v) is 2.03. The average Bonchev–Trinajstić information content (AvgIpc) is 2.05. The van der Waals surface area contributed by atoms with E-state index in [1.807, 2.05) is 0 Å². The van der Waals surface area contributed by atoms with Crippen LogP contribution < -0.4 is 4.74 Å². The predicted molar refractivity (Wildman–Crippen MR) is 47.6 cm³/mol. The standard InChI is InChI=1S/C8H7F3O3S/c9-8(10,11)14-7-3-1-6(2-4-7)5-15(12)13/h1-4H,5H2,(H,12,13). The first-order chi connectivity index (χ1) is 6.87. The zero-order chi connectivity index (χ0) is 11.5. The lowest BCUT2D eigenvalue weighted by Crippen LogP contribution is -2.17. The van der Waals surface area contributed by atoms with Gasteiger partial charge in [0.2, 0.25) is 0 Å². The fraction of sp³-hybridized carbons (Fsp3) is 0.250. The fourth-order valence-electron chi connectivity index (χ4n) is 0.930. The molecule has 0 fully saturated rings. The van der Waals surface area contributed by atoms with Crippen molar-refractivity contribution in [1.29, 1.82) is 0 Å². The Hall–Kier alpha value is -1.08. The maximum absolute atomic E-state index is 11.7. The maximum Gasteiger partial charge on any atom is 0.573 e. The number of halogens is 3. The van der Waals surface area contributed by atoms with Crippen molar-refractivity contribution in [3.05, 3.63) is 29.8 Å². The van der Waals surface area contributed by atoms with Gasteiger partial charge >= 0.3 is 6.36 Å². The largest absolute Gasteiger partial charge is 0.573 e. The minimum Gasteiger partial charge on any atom is -0.406 e. The minimum atomic E-state index is -4.72. The number of benzene rings is 1. The zero-order valence-electron chi connectivity index (χ0n) is 7.32. The van der Waals surface area contributed by atoms with E-state index < -0.39 is 17.4 Å². The van der Waals surface area contributed by atoms with Gasteiger partial charge in [-0.15, -0.1) is 13.2 Å². The van der Waals surface area contributed by atoms with Gasteiger partial charge in [-0.1, -0.05) is 12.1 Å². The normalized spacial score (nSPS) is 13.6. The SMILES string of the molecule is O=S(O)Cc1ccc(OC(F)(F)F)cc1. The van der Waals surface area contributed by atoms with Gasteiger partial charge in [-0.2, -0.15) is 0 Å². The third kappa shape index (κ3) is 4.80. The Morgan fingerprint density at radius 2 is 1.80 bits per heavy atom. The highest BCUT2D eigenvalue weighted by atomic mass is 32.2. The topological polar surface area (TPSA) is 46.5 Å². The summed E-state index contributed by atoms with van der Waals surface area (Å²) in [5.74, 6) is -0.471. The molecule has 1 N–H and O–H groups in total. The molecule has 1 aromatic carbocycles. The molecule has 0 spiro atoms. The summed E-state index contributed by atoms with van der Waals surface area (Å²) in [6.07, 6.45) is -4.72. The Balaban J connectivity index is 2.68. The monoisotopic (exact) mass is 240 g/mol. The number of hydrogen-bond acceptors (Lipinski definition) is 2. The number of ether oxygens (including phenoxy) is 1. The number of hydrogen-bond donors (Lipinski definition) is 1. The molecule has 1 atom stereocenters. The molecule has 1 unspecified atom stereocenters. The van der Waals surface area contributed by atoms with Gasteiger partial charge < -0.3 is 9.29 Å². The van der Waals surface area contributed by atoms with Crippen molar-refractivity contribution < 1.29 is 26.7 Å². The van der Waals surface area contributed by atoms with E-state index in [1.165, 1.54) is 12.1 Å². The molecule has 0 aliphatic rings. The van der Waals surface area contributed by atoms with E-state index in [4.69, 9.17) is 4.55 Å². The number of alkyl halides is 3. The van der Waals surface area contributed by atoms with Crippen LogP contribution in [0.3, 0.4) is 0 Å². The van der Waals surface area contributed by atoms with E-state index in [1.54, 1.807) is 0 Å². The van der Waals surface area contributed by atoms with Crippen LogP contribution in [-0.4, -0.2) is 15.1 Å². The third-order valence-electron chi connectivity index (χ3n) is 1.45. The molecule has 3 nitrogen and oxygen atoms in total. The van der Waals surface area contributed by atoms with Crippen molar-refractivity contribution in [1.82, 2.24) is 0 Å². The highest BCUT2D eigenvalue weighted by Gasteiger charge is 2.30. The minimum absolute atomic E-state index is 0.119. The van der Waals surface area contributed by atoms with Gasteiger partial charge in [0.05, 0.1) is 5.75 Å². The summed E-state index contributed by atoms with van der Waals surface area (Å²) in [5.41, 5.74) is 0.463. The van der Waals surface area contributed by atoms with Crippen molar-refractivity contribution in [3.63, 3.8) is 0 Å². The molecule has 1 aromatic rings. The lowest BCUT2D eigenvalue weighted by molar-refractivity contribution is -0.274. The Morgan fingerprint density at radius 1 is 1.27 bits per heavy atom. The molecule has 0 saturated heterocycles. The van der Waals surface area contributed by atoms with Crippen LogP contribution in [0.5, 0.6) is 5.75 Å². The van der Waals surface area contributed by atoms with E-state index >= 15 is 0 Å². The molecule has 15 heavy (non-hydrogen) atoms. The molecule has 7 heteroatoms. The second kappa shape index (κ2) is 4.63. The Kier molecular flexibility index (Phi) is 3.70. The van der Waals surface area contributed by atoms with Crippen LogP contribution in [0.4, 0.5) is 13.2 Å². The van der Waals surface area contributed by atoms with Crippen LogP contribution in [0, 0.1) is 0 Å². The molecule has 0 bridgehead atoms. The Bertz CT molecular complexity index is 347. The van der Waals surface area contributed by atoms with Gasteiger partial charge in [-0.3, -0.25) is 0 Å². The summed E-state index contributed by atoms with van der Waals surface area (Å²) in [4.78, 5) is 0. The van der Waals surface area contributed by atoms with Crippen molar-refractivity contribution in [3.8, 4) is 5.75 Å². The van der Waals surface area contributed by atoms with E-state index in [9.17, 15) is 17.4 Å². The molecule has 0 aliphatic carbocycles. The molecular weight excluding hydrogens is 233 g/mol. The van der Waals surface area contributed by atoms with Crippen LogP contribution in [0.25, 0.3) is 0 Å². The second-order valence-electron chi connectivity index (χ2n) is 2.66. The van der Waals surface area contributed by atoms with E-state index in [2.05, 4.69) is 4.74 Å². The van der Waals surface area contributed by atoms with Crippen LogP contribution in [0.15, 0.2) is 24.3 Å².